The standard InChI is InChI=1S/C11H21N2O6P/c1-4-7(2)9(11(16)17)10(15)13(18)6-12-5-8(14)20(3)19/h7-9,12,14,18H,4-6H2,1-3H3/p+1. The Bertz CT molecular complexity index is 365. The second kappa shape index (κ2) is 8.97. The number of hydroxylamine groups is 2. The SMILES string of the molecule is CCC(C)C(C(=O)O)C(=O)N(O)CNCC(O)[P+](C)=O. The fourth-order valence-electron chi connectivity index (χ4n) is 1.49. The number of carboxylic acids is 1. The molecule has 20 heavy (non-hydrogen) atoms. The number of aliphatic hydroxyl groups is 1. The zero-order valence-corrected chi connectivity index (χ0v) is 12.7. The molecule has 1 amide bonds. The minimum atomic E-state index is -1.78. The van der Waals surface area contributed by atoms with Gasteiger partial charge in [-0.25, -0.2) is 5.06 Å². The van der Waals surface area contributed by atoms with Gasteiger partial charge in [-0.1, -0.05) is 24.8 Å². The lowest BCUT2D eigenvalue weighted by atomic mass is 9.91. The van der Waals surface area contributed by atoms with Gasteiger partial charge < -0.3 is 10.2 Å². The van der Waals surface area contributed by atoms with Crippen molar-refractivity contribution in [2.45, 2.75) is 26.1 Å². The largest absolute Gasteiger partial charge is 0.481 e. The van der Waals surface area contributed by atoms with Crippen LogP contribution in [0.4, 0.5) is 0 Å². The molecule has 0 spiro atoms. The second-order valence-corrected chi connectivity index (χ2v) is 6.27. The lowest BCUT2D eigenvalue weighted by Crippen LogP contribution is -2.45. The fourth-order valence-corrected chi connectivity index (χ4v) is 1.88. The van der Waals surface area contributed by atoms with Crippen molar-refractivity contribution in [1.29, 1.82) is 0 Å². The Kier molecular flexibility index (Phi) is 8.48. The highest BCUT2D eigenvalue weighted by Crippen LogP contribution is 2.19. The third-order valence-corrected chi connectivity index (χ3v) is 4.03. The highest BCUT2D eigenvalue weighted by Gasteiger charge is 2.34. The molecule has 0 heterocycles. The van der Waals surface area contributed by atoms with E-state index in [0.717, 1.165) is 0 Å². The molecule has 0 aromatic rings. The first-order chi connectivity index (χ1) is 9.22. The Balaban J connectivity index is 4.45. The predicted molar refractivity (Wildman–Crippen MR) is 71.6 cm³/mol. The van der Waals surface area contributed by atoms with Gasteiger partial charge in [-0.3, -0.25) is 20.1 Å². The van der Waals surface area contributed by atoms with Crippen LogP contribution < -0.4 is 5.32 Å². The van der Waals surface area contributed by atoms with E-state index in [1.54, 1.807) is 13.8 Å². The normalized spacial score (nSPS) is 16.1. The van der Waals surface area contributed by atoms with Gasteiger partial charge in [0.15, 0.2) is 0 Å². The molecule has 0 rings (SSSR count). The molecule has 0 saturated heterocycles. The molecule has 0 bridgehead atoms. The molecule has 0 aliphatic rings. The molecule has 9 heteroatoms. The molecule has 0 saturated carbocycles. The van der Waals surface area contributed by atoms with Crippen molar-refractivity contribution >= 4 is 19.7 Å². The number of aliphatic carboxylic acids is 1. The number of nitrogens with one attached hydrogen (secondary N) is 1. The average molecular weight is 309 g/mol. The first kappa shape index (κ1) is 18.9. The summed E-state index contributed by atoms with van der Waals surface area (Å²) in [6.45, 7) is 4.30. The Morgan fingerprint density at radius 3 is 2.35 bits per heavy atom. The molecular formula is C11H22N2O6P+. The van der Waals surface area contributed by atoms with Crippen molar-refractivity contribution in [3.8, 4) is 0 Å². The molecular weight excluding hydrogens is 287 g/mol. The Morgan fingerprint density at radius 1 is 1.40 bits per heavy atom. The van der Waals surface area contributed by atoms with E-state index < -0.39 is 37.4 Å². The molecule has 0 aromatic heterocycles. The summed E-state index contributed by atoms with van der Waals surface area (Å²) in [6, 6.07) is 0. The van der Waals surface area contributed by atoms with Gasteiger partial charge in [0.2, 0.25) is 0 Å². The van der Waals surface area contributed by atoms with Crippen molar-refractivity contribution in [1.82, 2.24) is 10.4 Å². The molecule has 4 unspecified atom stereocenters. The number of hydrogen-bond donors (Lipinski definition) is 4. The number of amides is 1. The minimum absolute atomic E-state index is 0.0723. The zero-order valence-electron chi connectivity index (χ0n) is 11.8. The van der Waals surface area contributed by atoms with Gasteiger partial charge in [-0.05, 0) is 5.92 Å². The summed E-state index contributed by atoms with van der Waals surface area (Å²) in [5.74, 6) is -5.03. The minimum Gasteiger partial charge on any atom is -0.481 e. The number of nitrogens with zero attached hydrogens (tertiary/aromatic N) is 1. The summed E-state index contributed by atoms with van der Waals surface area (Å²) >= 11 is 0. The van der Waals surface area contributed by atoms with E-state index in [2.05, 4.69) is 5.32 Å². The van der Waals surface area contributed by atoms with E-state index in [1.165, 1.54) is 6.66 Å². The quantitative estimate of drug-likeness (QED) is 0.158. The summed E-state index contributed by atoms with van der Waals surface area (Å²) in [5.41, 5.74) is 0. The molecule has 0 aliphatic carbocycles. The maximum absolute atomic E-state index is 11.8. The molecule has 116 valence electrons. The van der Waals surface area contributed by atoms with Gasteiger partial charge in [-0.15, -0.1) is 0 Å². The number of aliphatic hydroxyl groups excluding tert-OH is 1. The van der Waals surface area contributed by atoms with Crippen molar-refractivity contribution in [2.24, 2.45) is 11.8 Å². The summed E-state index contributed by atoms with van der Waals surface area (Å²) in [7, 11) is -1.78. The number of carboxylic acid groups (broad SMARTS) is 1. The number of rotatable bonds is 9. The van der Waals surface area contributed by atoms with E-state index in [0.29, 0.717) is 6.42 Å². The summed E-state index contributed by atoms with van der Waals surface area (Å²) in [5, 5.41) is 30.6. The second-order valence-electron chi connectivity index (χ2n) is 4.58. The number of carbonyl (C=O) groups is 2. The molecule has 8 nitrogen and oxygen atoms in total. The first-order valence-electron chi connectivity index (χ1n) is 6.24. The van der Waals surface area contributed by atoms with Crippen LogP contribution in [0.2, 0.25) is 0 Å². The monoisotopic (exact) mass is 309 g/mol. The van der Waals surface area contributed by atoms with E-state index in [-0.39, 0.29) is 18.3 Å². The van der Waals surface area contributed by atoms with Crippen LogP contribution >= 0.6 is 7.80 Å². The smallest absolute Gasteiger partial charge is 0.368 e. The molecule has 0 aromatic carbocycles. The lowest BCUT2D eigenvalue weighted by Gasteiger charge is -2.23. The summed E-state index contributed by atoms with van der Waals surface area (Å²) < 4.78 is 10.9. The molecule has 0 radical (unpaired) electrons. The van der Waals surface area contributed by atoms with E-state index in [9.17, 15) is 24.5 Å². The summed E-state index contributed by atoms with van der Waals surface area (Å²) in [6.07, 6.45) is 0.485. The van der Waals surface area contributed by atoms with Gasteiger partial charge in [0.1, 0.15) is 12.6 Å². The van der Waals surface area contributed by atoms with Gasteiger partial charge >= 0.3 is 13.8 Å². The molecule has 0 fully saturated rings. The van der Waals surface area contributed by atoms with Crippen LogP contribution in [-0.4, -0.2) is 58.1 Å². The third-order valence-electron chi connectivity index (χ3n) is 3.01. The first-order valence-corrected chi connectivity index (χ1v) is 8.01. The van der Waals surface area contributed by atoms with Crippen LogP contribution in [0.3, 0.4) is 0 Å². The zero-order chi connectivity index (χ0) is 15.9. The van der Waals surface area contributed by atoms with E-state index >= 15 is 0 Å². The van der Waals surface area contributed by atoms with Crippen molar-refractivity contribution in [2.75, 3.05) is 19.9 Å². The third kappa shape index (κ3) is 5.92. The molecule has 0 aliphatic heterocycles. The van der Waals surface area contributed by atoms with E-state index in [1.807, 2.05) is 0 Å². The highest BCUT2D eigenvalue weighted by molar-refractivity contribution is 7.44. The predicted octanol–water partition coefficient (Wildman–Crippen LogP) is 0.274. The van der Waals surface area contributed by atoms with Crippen LogP contribution in [0.1, 0.15) is 20.3 Å². The number of hydrogen-bond acceptors (Lipinski definition) is 6. The highest BCUT2D eigenvalue weighted by atomic mass is 31.1. The van der Waals surface area contributed by atoms with Gasteiger partial charge in [-0.2, -0.15) is 0 Å². The van der Waals surface area contributed by atoms with Crippen LogP contribution in [0, 0.1) is 11.8 Å². The Hall–Kier alpha value is -1.08. The van der Waals surface area contributed by atoms with Gasteiger partial charge in [0.05, 0.1) is 13.2 Å². The maximum atomic E-state index is 11.8. The lowest BCUT2D eigenvalue weighted by molar-refractivity contribution is -0.178. The Labute approximate surface area is 118 Å². The molecule has 4 N–H and O–H groups in total. The van der Waals surface area contributed by atoms with Crippen molar-refractivity contribution < 1.29 is 29.6 Å². The molecule has 4 atom stereocenters. The topological polar surface area (TPSA) is 127 Å². The van der Waals surface area contributed by atoms with Gasteiger partial charge in [0, 0.05) is 0 Å². The van der Waals surface area contributed by atoms with Crippen LogP contribution in [0.15, 0.2) is 0 Å². The fraction of sp³-hybridized carbons (Fsp3) is 0.818. The number of carbonyl (C=O) groups excluding carboxylic acids is 1. The van der Waals surface area contributed by atoms with Crippen LogP contribution in [-0.2, 0) is 14.2 Å². The maximum Gasteiger partial charge on any atom is 0.368 e. The van der Waals surface area contributed by atoms with Crippen LogP contribution in [0.25, 0.3) is 0 Å². The van der Waals surface area contributed by atoms with Crippen molar-refractivity contribution in [3.63, 3.8) is 0 Å². The van der Waals surface area contributed by atoms with Crippen molar-refractivity contribution in [3.05, 3.63) is 0 Å². The average Bonchev–Trinajstić information content (AvgIpc) is 2.37. The van der Waals surface area contributed by atoms with Gasteiger partial charge in [0.25, 0.3) is 11.8 Å². The van der Waals surface area contributed by atoms with E-state index in [4.69, 9.17) is 5.11 Å². The Morgan fingerprint density at radius 2 is 1.95 bits per heavy atom. The summed E-state index contributed by atoms with van der Waals surface area (Å²) in [4.78, 5) is 22.9. The van der Waals surface area contributed by atoms with Crippen LogP contribution in [0.5, 0.6) is 0 Å².